The summed E-state index contributed by atoms with van der Waals surface area (Å²) < 4.78 is 0. The van der Waals surface area contributed by atoms with E-state index in [1.807, 2.05) is 19.1 Å². The van der Waals surface area contributed by atoms with E-state index in [-0.39, 0.29) is 6.04 Å². The van der Waals surface area contributed by atoms with Gasteiger partial charge in [0, 0.05) is 6.04 Å². The lowest BCUT2D eigenvalue weighted by atomic mass is 10.1. The van der Waals surface area contributed by atoms with Gasteiger partial charge < -0.3 is 5.73 Å². The van der Waals surface area contributed by atoms with Gasteiger partial charge in [0.1, 0.15) is 6.07 Å². The second-order valence-electron chi connectivity index (χ2n) is 2.64. The van der Waals surface area contributed by atoms with E-state index in [0.29, 0.717) is 10.6 Å². The lowest BCUT2D eigenvalue weighted by Crippen LogP contribution is -2.04. The second-order valence-corrected chi connectivity index (χ2v) is 3.05. The first-order chi connectivity index (χ1) is 5.65. The van der Waals surface area contributed by atoms with Crippen molar-refractivity contribution in [1.29, 1.82) is 5.26 Å². The second kappa shape index (κ2) is 3.57. The third-order valence-electron chi connectivity index (χ3n) is 1.64. The third kappa shape index (κ3) is 1.76. The molecule has 1 rings (SSSR count). The maximum Gasteiger partial charge on any atom is 0.101 e. The molecule has 0 saturated heterocycles. The van der Waals surface area contributed by atoms with E-state index >= 15 is 0 Å². The highest BCUT2D eigenvalue weighted by atomic mass is 35.5. The van der Waals surface area contributed by atoms with Gasteiger partial charge in [-0.2, -0.15) is 5.26 Å². The first-order valence-corrected chi connectivity index (χ1v) is 3.98. The van der Waals surface area contributed by atoms with Gasteiger partial charge in [-0.3, -0.25) is 0 Å². The van der Waals surface area contributed by atoms with Crippen LogP contribution < -0.4 is 5.73 Å². The maximum atomic E-state index is 8.58. The van der Waals surface area contributed by atoms with E-state index in [1.54, 1.807) is 12.1 Å². The molecule has 0 unspecified atom stereocenters. The van der Waals surface area contributed by atoms with Crippen molar-refractivity contribution in [3.05, 3.63) is 34.3 Å². The van der Waals surface area contributed by atoms with Crippen LogP contribution in [0.3, 0.4) is 0 Å². The Morgan fingerprint density at radius 3 is 2.67 bits per heavy atom. The van der Waals surface area contributed by atoms with Gasteiger partial charge in [-0.05, 0) is 24.6 Å². The molecule has 2 nitrogen and oxygen atoms in total. The van der Waals surface area contributed by atoms with Crippen LogP contribution >= 0.6 is 11.6 Å². The predicted molar refractivity (Wildman–Crippen MR) is 48.8 cm³/mol. The first kappa shape index (κ1) is 9.05. The van der Waals surface area contributed by atoms with E-state index in [2.05, 4.69) is 0 Å². The molecule has 0 aromatic heterocycles. The average Bonchev–Trinajstić information content (AvgIpc) is 2.04. The fraction of sp³-hybridized carbons (Fsp3) is 0.222. The van der Waals surface area contributed by atoms with Crippen LogP contribution in [0.1, 0.15) is 24.1 Å². The third-order valence-corrected chi connectivity index (χ3v) is 1.95. The van der Waals surface area contributed by atoms with E-state index in [4.69, 9.17) is 22.6 Å². The molecule has 0 saturated carbocycles. The number of benzene rings is 1. The zero-order valence-electron chi connectivity index (χ0n) is 6.71. The zero-order chi connectivity index (χ0) is 9.14. The van der Waals surface area contributed by atoms with Gasteiger partial charge in [-0.1, -0.05) is 17.7 Å². The average molecular weight is 181 g/mol. The maximum absolute atomic E-state index is 8.58. The standard InChI is InChI=1S/C9H9ClN2/c1-6(12)7-2-3-8(5-11)9(10)4-7/h2-4,6H,12H2,1H3/t6-/m1/s1. The van der Waals surface area contributed by atoms with Crippen LogP contribution in [-0.2, 0) is 0 Å². The molecule has 0 aliphatic rings. The normalized spacial score (nSPS) is 12.2. The van der Waals surface area contributed by atoms with Crippen molar-refractivity contribution >= 4 is 11.6 Å². The van der Waals surface area contributed by atoms with Gasteiger partial charge >= 0.3 is 0 Å². The van der Waals surface area contributed by atoms with Crippen molar-refractivity contribution < 1.29 is 0 Å². The summed E-state index contributed by atoms with van der Waals surface area (Å²) in [6, 6.07) is 7.17. The number of rotatable bonds is 1. The molecule has 0 radical (unpaired) electrons. The number of nitriles is 1. The van der Waals surface area contributed by atoms with Crippen LogP contribution in [0.2, 0.25) is 5.02 Å². The summed E-state index contributed by atoms with van der Waals surface area (Å²) >= 11 is 5.80. The lowest BCUT2D eigenvalue weighted by molar-refractivity contribution is 0.818. The largest absolute Gasteiger partial charge is 0.324 e. The minimum absolute atomic E-state index is 0.0461. The van der Waals surface area contributed by atoms with Crippen molar-refractivity contribution in [2.24, 2.45) is 5.73 Å². The molecule has 3 heteroatoms. The van der Waals surface area contributed by atoms with Crippen LogP contribution in [0, 0.1) is 11.3 Å². The van der Waals surface area contributed by atoms with Gasteiger partial charge in [-0.25, -0.2) is 0 Å². The Morgan fingerprint density at radius 2 is 2.25 bits per heavy atom. The summed E-state index contributed by atoms with van der Waals surface area (Å²) in [4.78, 5) is 0. The SMILES string of the molecule is C[C@@H](N)c1ccc(C#N)c(Cl)c1. The molecule has 0 fully saturated rings. The molecule has 0 amide bonds. The van der Waals surface area contributed by atoms with E-state index < -0.39 is 0 Å². The van der Waals surface area contributed by atoms with Crippen LogP contribution in [0.15, 0.2) is 18.2 Å². The number of hydrogen-bond acceptors (Lipinski definition) is 2. The van der Waals surface area contributed by atoms with E-state index in [9.17, 15) is 0 Å². The molecule has 62 valence electrons. The molecule has 1 atom stereocenters. The minimum Gasteiger partial charge on any atom is -0.324 e. The lowest BCUT2D eigenvalue weighted by Gasteiger charge is -2.05. The first-order valence-electron chi connectivity index (χ1n) is 3.60. The molecule has 1 aromatic rings. The van der Waals surface area contributed by atoms with Crippen molar-refractivity contribution in [3.8, 4) is 6.07 Å². The van der Waals surface area contributed by atoms with Crippen molar-refractivity contribution in [2.75, 3.05) is 0 Å². The van der Waals surface area contributed by atoms with Crippen molar-refractivity contribution in [2.45, 2.75) is 13.0 Å². The summed E-state index contributed by atoms with van der Waals surface area (Å²) in [6.45, 7) is 1.87. The Bertz CT molecular complexity index is 326. The molecule has 2 N–H and O–H groups in total. The predicted octanol–water partition coefficient (Wildman–Crippen LogP) is 2.23. The van der Waals surface area contributed by atoms with E-state index in [0.717, 1.165) is 5.56 Å². The molecule has 0 aliphatic heterocycles. The Balaban J connectivity index is 3.12. The molecule has 1 aromatic carbocycles. The van der Waals surface area contributed by atoms with E-state index in [1.165, 1.54) is 0 Å². The summed E-state index contributed by atoms with van der Waals surface area (Å²) in [5, 5.41) is 9.05. The summed E-state index contributed by atoms with van der Waals surface area (Å²) in [6.07, 6.45) is 0. The molecule has 0 spiro atoms. The van der Waals surface area contributed by atoms with Crippen LogP contribution in [-0.4, -0.2) is 0 Å². The molecular weight excluding hydrogens is 172 g/mol. The smallest absolute Gasteiger partial charge is 0.101 e. The molecule has 0 aliphatic carbocycles. The number of nitrogens with two attached hydrogens (primary N) is 1. The Morgan fingerprint density at radius 1 is 1.58 bits per heavy atom. The zero-order valence-corrected chi connectivity index (χ0v) is 7.47. The Labute approximate surface area is 76.6 Å². The Hall–Kier alpha value is -1.04. The van der Waals surface area contributed by atoms with Crippen LogP contribution in [0.4, 0.5) is 0 Å². The van der Waals surface area contributed by atoms with Gasteiger partial charge in [0.05, 0.1) is 10.6 Å². The van der Waals surface area contributed by atoms with Crippen molar-refractivity contribution in [3.63, 3.8) is 0 Å². The Kier molecular flexibility index (Phi) is 2.69. The summed E-state index contributed by atoms with van der Waals surface area (Å²) in [5.74, 6) is 0. The fourth-order valence-corrected chi connectivity index (χ4v) is 1.14. The molecule has 0 heterocycles. The van der Waals surface area contributed by atoms with Gasteiger partial charge in [0.2, 0.25) is 0 Å². The van der Waals surface area contributed by atoms with Gasteiger partial charge in [0.15, 0.2) is 0 Å². The number of hydrogen-bond donors (Lipinski definition) is 1. The minimum atomic E-state index is -0.0461. The summed E-state index contributed by atoms with van der Waals surface area (Å²) in [7, 11) is 0. The highest BCUT2D eigenvalue weighted by Gasteiger charge is 2.03. The molecule has 0 bridgehead atoms. The van der Waals surface area contributed by atoms with Crippen LogP contribution in [0.25, 0.3) is 0 Å². The monoisotopic (exact) mass is 180 g/mol. The quantitative estimate of drug-likeness (QED) is 0.721. The molecule has 12 heavy (non-hydrogen) atoms. The molecular formula is C9H9ClN2. The highest BCUT2D eigenvalue weighted by Crippen LogP contribution is 2.19. The number of halogens is 1. The fourth-order valence-electron chi connectivity index (χ4n) is 0.905. The number of nitrogens with zero attached hydrogens (tertiary/aromatic N) is 1. The van der Waals surface area contributed by atoms with Crippen LogP contribution in [0.5, 0.6) is 0 Å². The highest BCUT2D eigenvalue weighted by molar-refractivity contribution is 6.31. The summed E-state index contributed by atoms with van der Waals surface area (Å²) in [5.41, 5.74) is 7.06. The van der Waals surface area contributed by atoms with Gasteiger partial charge in [0.25, 0.3) is 0 Å². The van der Waals surface area contributed by atoms with Crippen molar-refractivity contribution in [1.82, 2.24) is 0 Å². The topological polar surface area (TPSA) is 49.8 Å². The van der Waals surface area contributed by atoms with Gasteiger partial charge in [-0.15, -0.1) is 0 Å².